The van der Waals surface area contributed by atoms with E-state index in [2.05, 4.69) is 21.5 Å². The van der Waals surface area contributed by atoms with E-state index < -0.39 is 6.04 Å². The third-order valence-electron chi connectivity index (χ3n) is 6.32. The van der Waals surface area contributed by atoms with E-state index in [4.69, 9.17) is 19.5 Å². The number of hydrogen-bond donors (Lipinski definition) is 3. The van der Waals surface area contributed by atoms with Crippen LogP contribution >= 0.6 is 12.4 Å². The van der Waals surface area contributed by atoms with Crippen LogP contribution in [0.4, 0.5) is 0 Å². The molecule has 1 aromatic heterocycles. The molecule has 0 saturated heterocycles. The van der Waals surface area contributed by atoms with Crippen LogP contribution in [0.1, 0.15) is 36.1 Å². The monoisotopic (exact) mass is 541 g/mol. The van der Waals surface area contributed by atoms with Crippen LogP contribution in [-0.4, -0.2) is 69.6 Å². The number of nitriles is 1. The number of ether oxygens (including phenoxy) is 1. The number of fused-ring (bicyclic) bond motifs is 1. The van der Waals surface area contributed by atoms with Gasteiger partial charge >= 0.3 is 0 Å². The zero-order valence-electron chi connectivity index (χ0n) is 21.6. The van der Waals surface area contributed by atoms with Gasteiger partial charge in [0.2, 0.25) is 11.7 Å². The van der Waals surface area contributed by atoms with Crippen molar-refractivity contribution in [3.8, 4) is 34.7 Å². The molecule has 1 amide bonds. The molecule has 3 aromatic rings. The molecule has 4 rings (SSSR count). The predicted molar refractivity (Wildman–Crippen MR) is 143 cm³/mol. The highest BCUT2D eigenvalue weighted by atomic mass is 35.5. The van der Waals surface area contributed by atoms with Crippen molar-refractivity contribution in [1.82, 2.24) is 20.4 Å². The molecule has 38 heavy (non-hydrogen) atoms. The van der Waals surface area contributed by atoms with Gasteiger partial charge in [-0.3, -0.25) is 9.69 Å². The zero-order chi connectivity index (χ0) is 26.5. The van der Waals surface area contributed by atoms with Crippen molar-refractivity contribution in [3.63, 3.8) is 0 Å². The number of nitrogens with zero attached hydrogens (tertiary/aromatic N) is 4. The number of benzene rings is 2. The fourth-order valence-corrected chi connectivity index (χ4v) is 4.46. The molecule has 0 radical (unpaired) electrons. The summed E-state index contributed by atoms with van der Waals surface area (Å²) < 4.78 is 11.2. The quantitative estimate of drug-likeness (QED) is 0.372. The fourth-order valence-electron chi connectivity index (χ4n) is 4.46. The fraction of sp³-hybridized carbons (Fsp3) is 0.407. The van der Waals surface area contributed by atoms with Gasteiger partial charge < -0.3 is 24.8 Å². The summed E-state index contributed by atoms with van der Waals surface area (Å²) >= 11 is 0. The van der Waals surface area contributed by atoms with Crippen LogP contribution in [0.2, 0.25) is 0 Å². The third-order valence-corrected chi connectivity index (χ3v) is 6.32. The SMILES string of the molecule is Cc1c(-c2noc(-c3ccc(OC(C)C)c(C#N)c3)n2)ccc2c1CCN(CC(=O)NC(CO)CO)C2.Cl. The first kappa shape index (κ1) is 29.1. The van der Waals surface area contributed by atoms with E-state index in [9.17, 15) is 10.1 Å². The molecule has 0 saturated carbocycles. The van der Waals surface area contributed by atoms with Crippen molar-refractivity contribution in [1.29, 1.82) is 5.26 Å². The van der Waals surface area contributed by atoms with E-state index in [1.165, 1.54) is 5.56 Å². The van der Waals surface area contributed by atoms with Crippen molar-refractivity contribution >= 4 is 18.3 Å². The molecule has 11 heteroatoms. The second-order valence-electron chi connectivity index (χ2n) is 9.38. The number of carbonyl (C=O) groups excluding carboxylic acids is 1. The lowest BCUT2D eigenvalue weighted by molar-refractivity contribution is -0.123. The van der Waals surface area contributed by atoms with Crippen LogP contribution in [0.15, 0.2) is 34.9 Å². The van der Waals surface area contributed by atoms with Gasteiger partial charge in [-0.1, -0.05) is 17.3 Å². The van der Waals surface area contributed by atoms with Crippen molar-refractivity contribution < 1.29 is 24.3 Å². The summed E-state index contributed by atoms with van der Waals surface area (Å²) in [4.78, 5) is 18.9. The minimum Gasteiger partial charge on any atom is -0.490 e. The van der Waals surface area contributed by atoms with E-state index in [0.29, 0.717) is 41.7 Å². The molecular formula is C27H32ClN5O5. The second-order valence-corrected chi connectivity index (χ2v) is 9.38. The first-order valence-corrected chi connectivity index (χ1v) is 12.2. The average Bonchev–Trinajstić information content (AvgIpc) is 3.37. The molecule has 0 atom stereocenters. The highest BCUT2D eigenvalue weighted by Crippen LogP contribution is 2.32. The minimum absolute atomic E-state index is 0. The Labute approximate surface area is 227 Å². The van der Waals surface area contributed by atoms with Crippen LogP contribution in [0, 0.1) is 18.3 Å². The van der Waals surface area contributed by atoms with Gasteiger partial charge in [-0.2, -0.15) is 10.2 Å². The molecule has 0 spiro atoms. The van der Waals surface area contributed by atoms with Crippen molar-refractivity contribution in [2.75, 3.05) is 26.3 Å². The number of carbonyl (C=O) groups is 1. The smallest absolute Gasteiger partial charge is 0.258 e. The molecule has 10 nitrogen and oxygen atoms in total. The van der Waals surface area contributed by atoms with Gasteiger partial charge in [0.15, 0.2) is 0 Å². The number of aliphatic hydroxyl groups excluding tert-OH is 2. The Morgan fingerprint density at radius 3 is 2.71 bits per heavy atom. The Hall–Kier alpha value is -3.49. The maximum Gasteiger partial charge on any atom is 0.258 e. The highest BCUT2D eigenvalue weighted by molar-refractivity contribution is 5.85. The van der Waals surface area contributed by atoms with Gasteiger partial charge in [-0.15, -0.1) is 12.4 Å². The lowest BCUT2D eigenvalue weighted by atomic mass is 9.91. The number of nitrogens with one attached hydrogen (secondary N) is 1. The van der Waals surface area contributed by atoms with Crippen molar-refractivity contribution in [3.05, 3.63) is 52.6 Å². The maximum absolute atomic E-state index is 12.3. The summed E-state index contributed by atoms with van der Waals surface area (Å²) in [5.41, 5.74) is 5.30. The molecule has 0 fully saturated rings. The van der Waals surface area contributed by atoms with Gasteiger partial charge in [-0.05, 0) is 62.1 Å². The summed E-state index contributed by atoms with van der Waals surface area (Å²) in [6, 6.07) is 10.7. The number of rotatable bonds is 9. The molecule has 1 aliphatic heterocycles. The molecule has 1 aliphatic rings. The molecular weight excluding hydrogens is 510 g/mol. The standard InChI is InChI=1S/C27H31N5O5.ClH/c1-16(2)36-24-7-5-18(10-20(24)11-28)27-30-26(31-37-27)23-6-4-19-12-32(9-8-22(19)17(23)3)13-25(35)29-21(14-33)15-34;/h4-7,10,16,21,33-34H,8-9,12-15H2,1-3H3,(H,29,35);1H. The first-order chi connectivity index (χ1) is 17.8. The Bertz CT molecular complexity index is 1320. The Morgan fingerprint density at radius 2 is 2.03 bits per heavy atom. The Balaban J connectivity index is 0.00000400. The van der Waals surface area contributed by atoms with Crippen molar-refractivity contribution in [2.45, 2.75) is 45.9 Å². The van der Waals surface area contributed by atoms with E-state index in [1.807, 2.05) is 37.8 Å². The molecule has 0 unspecified atom stereocenters. The number of aliphatic hydroxyl groups is 2. The van der Waals surface area contributed by atoms with Gasteiger partial charge in [0.1, 0.15) is 11.8 Å². The molecule has 202 valence electrons. The lowest BCUT2D eigenvalue weighted by Crippen LogP contribution is -2.46. The summed E-state index contributed by atoms with van der Waals surface area (Å²) in [6.45, 7) is 6.74. The molecule has 3 N–H and O–H groups in total. The molecule has 0 aliphatic carbocycles. The Morgan fingerprint density at radius 1 is 1.26 bits per heavy atom. The summed E-state index contributed by atoms with van der Waals surface area (Å²) in [7, 11) is 0. The molecule has 2 aromatic carbocycles. The largest absolute Gasteiger partial charge is 0.490 e. The number of halogens is 1. The van der Waals surface area contributed by atoms with Gasteiger partial charge in [-0.25, -0.2) is 0 Å². The molecule has 2 heterocycles. The average molecular weight is 542 g/mol. The summed E-state index contributed by atoms with van der Waals surface area (Å²) in [5.74, 6) is 1.07. The maximum atomic E-state index is 12.3. The summed E-state index contributed by atoms with van der Waals surface area (Å²) in [6.07, 6.45) is 0.716. The Kier molecular flexibility index (Phi) is 9.83. The van der Waals surface area contributed by atoms with E-state index in [-0.39, 0.29) is 44.2 Å². The third kappa shape index (κ3) is 6.49. The number of amides is 1. The number of aromatic nitrogens is 2. The van der Waals surface area contributed by atoms with E-state index in [1.54, 1.807) is 18.2 Å². The van der Waals surface area contributed by atoms with Gasteiger partial charge in [0, 0.05) is 24.2 Å². The van der Waals surface area contributed by atoms with Crippen LogP contribution in [0.3, 0.4) is 0 Å². The topological polar surface area (TPSA) is 145 Å². The number of hydrogen-bond acceptors (Lipinski definition) is 9. The minimum atomic E-state index is -0.646. The predicted octanol–water partition coefficient (Wildman–Crippen LogP) is 2.62. The lowest BCUT2D eigenvalue weighted by Gasteiger charge is -2.30. The van der Waals surface area contributed by atoms with Gasteiger partial charge in [0.25, 0.3) is 5.89 Å². The van der Waals surface area contributed by atoms with Crippen LogP contribution in [0.5, 0.6) is 5.75 Å². The van der Waals surface area contributed by atoms with Crippen molar-refractivity contribution in [2.24, 2.45) is 0 Å². The second kappa shape index (κ2) is 12.8. The van der Waals surface area contributed by atoms with E-state index in [0.717, 1.165) is 23.1 Å². The van der Waals surface area contributed by atoms with E-state index >= 15 is 0 Å². The summed E-state index contributed by atoms with van der Waals surface area (Å²) in [5, 5.41) is 34.7. The normalized spacial score (nSPS) is 13.1. The first-order valence-electron chi connectivity index (χ1n) is 12.2. The highest BCUT2D eigenvalue weighted by Gasteiger charge is 2.23. The molecule has 0 bridgehead atoms. The zero-order valence-corrected chi connectivity index (χ0v) is 22.4. The van der Waals surface area contributed by atoms with Crippen LogP contribution in [-0.2, 0) is 17.8 Å². The van der Waals surface area contributed by atoms with Crippen LogP contribution in [0.25, 0.3) is 22.8 Å². The van der Waals surface area contributed by atoms with Gasteiger partial charge in [0.05, 0.1) is 37.5 Å². The van der Waals surface area contributed by atoms with Crippen LogP contribution < -0.4 is 10.1 Å².